The molecule has 0 aromatic rings. The Morgan fingerprint density at radius 3 is 2.55 bits per heavy atom. The Hall–Kier alpha value is 0.0400. The summed E-state index contributed by atoms with van der Waals surface area (Å²) in [7, 11) is 3.31. The average Bonchev–Trinajstić information content (AvgIpc) is 1.96. The van der Waals surface area contributed by atoms with Crippen LogP contribution in [0.1, 0.15) is 19.8 Å². The van der Waals surface area contributed by atoms with Crippen LogP contribution in [-0.2, 0) is 9.59 Å². The fourth-order valence-corrected chi connectivity index (χ4v) is 2.44. The van der Waals surface area contributed by atoms with Crippen LogP contribution >= 0.6 is 21.6 Å². The van der Waals surface area contributed by atoms with Crippen molar-refractivity contribution in [2.45, 2.75) is 19.8 Å². The summed E-state index contributed by atoms with van der Waals surface area (Å²) >= 11 is 0. The van der Waals surface area contributed by atoms with E-state index in [9.17, 15) is 9.59 Å². The van der Waals surface area contributed by atoms with Gasteiger partial charge in [-0.1, -0.05) is 21.6 Å². The van der Waals surface area contributed by atoms with Crippen molar-refractivity contribution in [3.05, 3.63) is 0 Å². The number of ketones is 1. The van der Waals surface area contributed by atoms with Gasteiger partial charge in [-0.3, -0.25) is 4.79 Å². The number of carbonyl (C=O) groups excluding carboxylic acids is 2. The molecule has 4 heteroatoms. The maximum atomic E-state index is 10.5. The smallest absolute Gasteiger partial charge is 0.130 e. The average molecular weight is 192 g/mol. The van der Waals surface area contributed by atoms with Crippen LogP contribution < -0.4 is 0 Å². The van der Waals surface area contributed by atoms with Crippen LogP contribution in [0.3, 0.4) is 0 Å². The summed E-state index contributed by atoms with van der Waals surface area (Å²) in [6, 6.07) is 0. The van der Waals surface area contributed by atoms with Gasteiger partial charge >= 0.3 is 0 Å². The normalized spacial score (nSPS) is 9.55. The molecule has 0 aliphatic heterocycles. The number of hydrogen-bond acceptors (Lipinski definition) is 4. The van der Waals surface area contributed by atoms with Crippen LogP contribution in [0.5, 0.6) is 0 Å². The maximum Gasteiger partial charge on any atom is 0.130 e. The van der Waals surface area contributed by atoms with Crippen LogP contribution in [0, 0.1) is 0 Å². The van der Waals surface area contributed by atoms with E-state index < -0.39 is 0 Å². The first kappa shape index (κ1) is 11.0. The Kier molecular flexibility index (Phi) is 8.17. The molecule has 0 heterocycles. The second-order valence-corrected chi connectivity index (χ2v) is 4.75. The summed E-state index contributed by atoms with van der Waals surface area (Å²) in [4.78, 5) is 20.3. The Labute approximate surface area is 74.9 Å². The van der Waals surface area contributed by atoms with Crippen LogP contribution in [0.15, 0.2) is 0 Å². The SMILES string of the molecule is CC(=O)CCSSCCC=O. The van der Waals surface area contributed by atoms with Gasteiger partial charge < -0.3 is 4.79 Å². The van der Waals surface area contributed by atoms with Gasteiger partial charge in [0.15, 0.2) is 0 Å². The van der Waals surface area contributed by atoms with Gasteiger partial charge in [0.1, 0.15) is 12.1 Å². The zero-order valence-electron chi connectivity index (χ0n) is 6.54. The maximum absolute atomic E-state index is 10.5. The molecule has 0 saturated heterocycles. The van der Waals surface area contributed by atoms with Gasteiger partial charge in [0.2, 0.25) is 0 Å². The lowest BCUT2D eigenvalue weighted by Crippen LogP contribution is -1.90. The highest BCUT2D eigenvalue weighted by Gasteiger charge is 1.93. The van der Waals surface area contributed by atoms with Crippen molar-refractivity contribution in [1.82, 2.24) is 0 Å². The fraction of sp³-hybridized carbons (Fsp3) is 0.714. The minimum Gasteiger partial charge on any atom is -0.303 e. The Balaban J connectivity index is 2.90. The fourth-order valence-electron chi connectivity index (χ4n) is 0.399. The summed E-state index contributed by atoms with van der Waals surface area (Å²) in [5.41, 5.74) is 0. The predicted octanol–water partition coefficient (Wildman–Crippen LogP) is 1.94. The molecule has 0 aliphatic rings. The van der Waals surface area contributed by atoms with E-state index >= 15 is 0 Å². The second kappa shape index (κ2) is 8.14. The van der Waals surface area contributed by atoms with Crippen molar-refractivity contribution in [1.29, 1.82) is 0 Å². The molecule has 0 saturated carbocycles. The molecular formula is C7H12O2S2. The molecule has 0 aromatic carbocycles. The molecule has 64 valence electrons. The Morgan fingerprint density at radius 2 is 2.00 bits per heavy atom. The summed E-state index contributed by atoms with van der Waals surface area (Å²) in [5, 5.41) is 0. The third-order valence-corrected chi connectivity index (χ3v) is 3.38. The molecule has 0 spiro atoms. The first-order chi connectivity index (χ1) is 5.27. The lowest BCUT2D eigenvalue weighted by atomic mass is 10.4. The zero-order valence-corrected chi connectivity index (χ0v) is 8.17. The largest absolute Gasteiger partial charge is 0.303 e. The van der Waals surface area contributed by atoms with E-state index in [1.807, 2.05) is 0 Å². The summed E-state index contributed by atoms with van der Waals surface area (Å²) in [6.45, 7) is 1.59. The molecule has 0 aliphatic carbocycles. The number of carbonyl (C=O) groups is 2. The van der Waals surface area contributed by atoms with Gasteiger partial charge in [0.25, 0.3) is 0 Å². The molecule has 0 amide bonds. The third-order valence-electron chi connectivity index (χ3n) is 0.940. The van der Waals surface area contributed by atoms with E-state index in [1.165, 1.54) is 0 Å². The minimum absolute atomic E-state index is 0.230. The molecule has 0 atom stereocenters. The van der Waals surface area contributed by atoms with Crippen molar-refractivity contribution < 1.29 is 9.59 Å². The van der Waals surface area contributed by atoms with Crippen molar-refractivity contribution in [3.8, 4) is 0 Å². The van der Waals surface area contributed by atoms with Gasteiger partial charge in [0, 0.05) is 24.3 Å². The first-order valence-electron chi connectivity index (χ1n) is 3.45. The monoisotopic (exact) mass is 192 g/mol. The van der Waals surface area contributed by atoms with Gasteiger partial charge in [0.05, 0.1) is 0 Å². The van der Waals surface area contributed by atoms with Gasteiger partial charge in [-0.05, 0) is 6.92 Å². The van der Waals surface area contributed by atoms with Crippen molar-refractivity contribution in [3.63, 3.8) is 0 Å². The molecule has 0 bridgehead atoms. The Morgan fingerprint density at radius 1 is 1.36 bits per heavy atom. The molecule has 2 nitrogen and oxygen atoms in total. The van der Waals surface area contributed by atoms with Crippen molar-refractivity contribution >= 4 is 33.7 Å². The van der Waals surface area contributed by atoms with E-state index in [0.717, 1.165) is 17.8 Å². The van der Waals surface area contributed by atoms with Crippen LogP contribution in [-0.4, -0.2) is 23.6 Å². The number of rotatable bonds is 7. The standard InChI is InChI=1S/C7H12O2S2/c1-7(9)3-6-11-10-5-2-4-8/h4H,2-3,5-6H2,1H3. The summed E-state index contributed by atoms with van der Waals surface area (Å²) in [5.74, 6) is 1.94. The van der Waals surface area contributed by atoms with E-state index in [4.69, 9.17) is 0 Å². The second-order valence-electron chi connectivity index (χ2n) is 2.05. The topological polar surface area (TPSA) is 34.1 Å². The highest BCUT2D eigenvalue weighted by atomic mass is 33.1. The summed E-state index contributed by atoms with van der Waals surface area (Å²) in [6.07, 6.45) is 2.16. The Bertz CT molecular complexity index is 126. The number of aldehydes is 1. The van der Waals surface area contributed by atoms with Crippen LogP contribution in [0.2, 0.25) is 0 Å². The molecule has 0 aromatic heterocycles. The number of Topliss-reactive ketones (excluding diaryl/α,β-unsaturated/α-hetero) is 1. The molecular weight excluding hydrogens is 180 g/mol. The van der Waals surface area contributed by atoms with Crippen LogP contribution in [0.25, 0.3) is 0 Å². The molecule has 0 fully saturated rings. The highest BCUT2D eigenvalue weighted by molar-refractivity contribution is 8.76. The van der Waals surface area contributed by atoms with E-state index in [1.54, 1.807) is 28.5 Å². The number of hydrogen-bond donors (Lipinski definition) is 0. The lowest BCUT2D eigenvalue weighted by molar-refractivity contribution is -0.116. The minimum atomic E-state index is 0.230. The van der Waals surface area contributed by atoms with Gasteiger partial charge in [-0.15, -0.1) is 0 Å². The van der Waals surface area contributed by atoms with E-state index in [-0.39, 0.29) is 5.78 Å². The van der Waals surface area contributed by atoms with Gasteiger partial charge in [-0.25, -0.2) is 0 Å². The quantitative estimate of drug-likeness (QED) is 0.351. The molecule has 0 radical (unpaired) electrons. The third kappa shape index (κ3) is 10.0. The molecule has 11 heavy (non-hydrogen) atoms. The van der Waals surface area contributed by atoms with E-state index in [2.05, 4.69) is 0 Å². The predicted molar refractivity (Wildman–Crippen MR) is 50.9 cm³/mol. The highest BCUT2D eigenvalue weighted by Crippen LogP contribution is 2.22. The first-order valence-corrected chi connectivity index (χ1v) is 5.93. The molecule has 0 rings (SSSR count). The molecule has 0 unspecified atom stereocenters. The van der Waals surface area contributed by atoms with Crippen molar-refractivity contribution in [2.24, 2.45) is 0 Å². The van der Waals surface area contributed by atoms with Crippen LogP contribution in [0.4, 0.5) is 0 Å². The van der Waals surface area contributed by atoms with E-state index in [0.29, 0.717) is 12.8 Å². The lowest BCUT2D eigenvalue weighted by Gasteiger charge is -1.95. The van der Waals surface area contributed by atoms with Gasteiger partial charge in [-0.2, -0.15) is 0 Å². The van der Waals surface area contributed by atoms with Crippen molar-refractivity contribution in [2.75, 3.05) is 11.5 Å². The summed E-state index contributed by atoms with van der Waals surface area (Å²) < 4.78 is 0. The zero-order chi connectivity index (χ0) is 8.53. The molecule has 0 N–H and O–H groups in total.